The second kappa shape index (κ2) is 4.58. The van der Waals surface area contributed by atoms with Crippen molar-refractivity contribution in [3.8, 4) is 0 Å². The molecule has 0 atom stereocenters. The molecule has 3 heteroatoms. The first-order valence-corrected chi connectivity index (χ1v) is 5.27. The minimum atomic E-state index is -0.803. The van der Waals surface area contributed by atoms with E-state index >= 15 is 0 Å². The first-order chi connectivity index (χ1) is 6.57. The zero-order valence-electron chi connectivity index (χ0n) is 8.97. The lowest BCUT2D eigenvalue weighted by molar-refractivity contribution is -0.166. The monoisotopic (exact) mass is 198 g/mol. The zero-order valence-corrected chi connectivity index (χ0v) is 8.97. The van der Waals surface area contributed by atoms with Crippen LogP contribution in [0.1, 0.15) is 52.4 Å². The molecule has 0 unspecified atom stereocenters. The molecule has 0 aromatic carbocycles. The van der Waals surface area contributed by atoms with Crippen LogP contribution in [0.3, 0.4) is 0 Å². The lowest BCUT2D eigenvalue weighted by Gasteiger charge is -2.29. The SMILES string of the molecule is CC(=O)OC1(C(C)=O)CCCCCC1. The third kappa shape index (κ3) is 2.56. The van der Waals surface area contributed by atoms with Gasteiger partial charge in [-0.25, -0.2) is 0 Å². The molecule has 0 amide bonds. The second-order valence-electron chi connectivity index (χ2n) is 4.06. The molecule has 0 saturated heterocycles. The fraction of sp³-hybridized carbons (Fsp3) is 0.818. The molecular weight excluding hydrogens is 180 g/mol. The Morgan fingerprint density at radius 1 is 1.00 bits per heavy atom. The molecule has 1 rings (SSSR count). The van der Waals surface area contributed by atoms with Gasteiger partial charge in [0.05, 0.1) is 0 Å². The summed E-state index contributed by atoms with van der Waals surface area (Å²) in [5, 5.41) is 0. The first-order valence-electron chi connectivity index (χ1n) is 5.27. The number of carbonyl (C=O) groups is 2. The molecule has 1 aliphatic rings. The van der Waals surface area contributed by atoms with Crippen molar-refractivity contribution in [2.45, 2.75) is 58.0 Å². The van der Waals surface area contributed by atoms with Crippen LogP contribution in [-0.4, -0.2) is 17.4 Å². The molecule has 80 valence electrons. The van der Waals surface area contributed by atoms with Crippen molar-refractivity contribution in [3.05, 3.63) is 0 Å². The van der Waals surface area contributed by atoms with E-state index in [-0.39, 0.29) is 11.8 Å². The van der Waals surface area contributed by atoms with Gasteiger partial charge in [-0.15, -0.1) is 0 Å². The van der Waals surface area contributed by atoms with Crippen LogP contribution < -0.4 is 0 Å². The number of Topliss-reactive ketones (excluding diaryl/α,β-unsaturated/α-hetero) is 1. The van der Waals surface area contributed by atoms with Crippen molar-refractivity contribution in [3.63, 3.8) is 0 Å². The molecule has 0 aromatic rings. The normalized spacial score (nSPS) is 21.0. The van der Waals surface area contributed by atoms with E-state index in [1.54, 1.807) is 0 Å². The lowest BCUT2D eigenvalue weighted by Crippen LogP contribution is -2.41. The third-order valence-electron chi connectivity index (χ3n) is 2.89. The highest BCUT2D eigenvalue weighted by molar-refractivity contribution is 5.87. The van der Waals surface area contributed by atoms with E-state index < -0.39 is 5.60 Å². The topological polar surface area (TPSA) is 43.4 Å². The zero-order chi connectivity index (χ0) is 10.6. The van der Waals surface area contributed by atoms with Crippen molar-refractivity contribution in [1.82, 2.24) is 0 Å². The van der Waals surface area contributed by atoms with Crippen LogP contribution >= 0.6 is 0 Å². The van der Waals surface area contributed by atoms with Crippen LogP contribution in [0.5, 0.6) is 0 Å². The van der Waals surface area contributed by atoms with Gasteiger partial charge < -0.3 is 4.74 Å². The van der Waals surface area contributed by atoms with Gasteiger partial charge in [-0.3, -0.25) is 9.59 Å². The van der Waals surface area contributed by atoms with Gasteiger partial charge in [0, 0.05) is 6.92 Å². The Bertz CT molecular complexity index is 225. The fourth-order valence-electron chi connectivity index (χ4n) is 2.10. The summed E-state index contributed by atoms with van der Waals surface area (Å²) in [5.74, 6) is -0.350. The molecule has 3 nitrogen and oxygen atoms in total. The molecular formula is C11H18O3. The summed E-state index contributed by atoms with van der Waals surface area (Å²) in [4.78, 5) is 22.5. The molecule has 0 aliphatic heterocycles. The molecule has 0 heterocycles. The predicted molar refractivity (Wildman–Crippen MR) is 52.9 cm³/mol. The summed E-state index contributed by atoms with van der Waals surface area (Å²) < 4.78 is 5.23. The Labute approximate surface area is 84.8 Å². The van der Waals surface area contributed by atoms with Crippen LogP contribution in [0.2, 0.25) is 0 Å². The largest absolute Gasteiger partial charge is 0.451 e. The Morgan fingerprint density at radius 2 is 1.50 bits per heavy atom. The van der Waals surface area contributed by atoms with E-state index in [1.807, 2.05) is 0 Å². The van der Waals surface area contributed by atoms with Crippen LogP contribution in [0.15, 0.2) is 0 Å². The average molecular weight is 198 g/mol. The van der Waals surface area contributed by atoms with Gasteiger partial charge in [-0.1, -0.05) is 12.8 Å². The highest BCUT2D eigenvalue weighted by atomic mass is 16.6. The van der Waals surface area contributed by atoms with Gasteiger partial charge in [0.25, 0.3) is 0 Å². The van der Waals surface area contributed by atoms with Crippen molar-refractivity contribution in [2.75, 3.05) is 0 Å². The molecule has 1 fully saturated rings. The molecule has 14 heavy (non-hydrogen) atoms. The summed E-state index contributed by atoms with van der Waals surface area (Å²) in [6.07, 6.45) is 5.62. The summed E-state index contributed by atoms with van der Waals surface area (Å²) in [5.41, 5.74) is -0.803. The summed E-state index contributed by atoms with van der Waals surface area (Å²) in [7, 11) is 0. The minimum absolute atomic E-state index is 0.00500. The van der Waals surface area contributed by atoms with Gasteiger partial charge in [0.2, 0.25) is 0 Å². The summed E-state index contributed by atoms with van der Waals surface area (Å²) in [6.45, 7) is 2.89. The van der Waals surface area contributed by atoms with Crippen LogP contribution in [0, 0.1) is 0 Å². The number of rotatable bonds is 2. The highest BCUT2D eigenvalue weighted by Crippen LogP contribution is 2.31. The molecule has 0 N–H and O–H groups in total. The van der Waals surface area contributed by atoms with Gasteiger partial charge in [0.1, 0.15) is 0 Å². The summed E-state index contributed by atoms with van der Waals surface area (Å²) in [6, 6.07) is 0. The molecule has 0 aromatic heterocycles. The molecule has 0 bridgehead atoms. The molecule has 1 aliphatic carbocycles. The fourth-order valence-corrected chi connectivity index (χ4v) is 2.10. The van der Waals surface area contributed by atoms with Crippen LogP contribution in [-0.2, 0) is 14.3 Å². The van der Waals surface area contributed by atoms with Crippen molar-refractivity contribution >= 4 is 11.8 Å². The van der Waals surface area contributed by atoms with Crippen LogP contribution in [0.25, 0.3) is 0 Å². The third-order valence-corrected chi connectivity index (χ3v) is 2.89. The number of ether oxygens (including phenoxy) is 1. The quantitative estimate of drug-likeness (QED) is 0.505. The van der Waals surface area contributed by atoms with E-state index in [0.29, 0.717) is 12.8 Å². The van der Waals surface area contributed by atoms with Crippen molar-refractivity contribution in [2.24, 2.45) is 0 Å². The minimum Gasteiger partial charge on any atom is -0.451 e. The van der Waals surface area contributed by atoms with Gasteiger partial charge in [-0.05, 0) is 32.6 Å². The maximum atomic E-state index is 11.5. The molecule has 0 spiro atoms. The Hall–Kier alpha value is -0.860. The van der Waals surface area contributed by atoms with Gasteiger partial charge in [-0.2, -0.15) is 0 Å². The Kier molecular flexibility index (Phi) is 3.67. The second-order valence-corrected chi connectivity index (χ2v) is 4.06. The molecule has 0 radical (unpaired) electrons. The Morgan fingerprint density at radius 3 is 1.86 bits per heavy atom. The number of carbonyl (C=O) groups excluding carboxylic acids is 2. The molecule has 1 saturated carbocycles. The smallest absolute Gasteiger partial charge is 0.303 e. The van der Waals surface area contributed by atoms with Crippen molar-refractivity contribution < 1.29 is 14.3 Å². The van der Waals surface area contributed by atoms with E-state index in [0.717, 1.165) is 25.7 Å². The number of hydrogen-bond acceptors (Lipinski definition) is 3. The van der Waals surface area contributed by atoms with E-state index in [1.165, 1.54) is 13.8 Å². The summed E-state index contributed by atoms with van der Waals surface area (Å²) >= 11 is 0. The van der Waals surface area contributed by atoms with Crippen molar-refractivity contribution in [1.29, 1.82) is 0 Å². The lowest BCUT2D eigenvalue weighted by atomic mass is 9.90. The Balaban J connectivity index is 2.77. The maximum Gasteiger partial charge on any atom is 0.303 e. The van der Waals surface area contributed by atoms with E-state index in [4.69, 9.17) is 4.74 Å². The van der Waals surface area contributed by atoms with E-state index in [2.05, 4.69) is 0 Å². The number of ketones is 1. The van der Waals surface area contributed by atoms with Gasteiger partial charge in [0.15, 0.2) is 11.4 Å². The van der Waals surface area contributed by atoms with Crippen LogP contribution in [0.4, 0.5) is 0 Å². The highest BCUT2D eigenvalue weighted by Gasteiger charge is 2.38. The standard InChI is InChI=1S/C11H18O3/c1-9(12)11(14-10(2)13)7-5-3-4-6-8-11/h3-8H2,1-2H3. The van der Waals surface area contributed by atoms with Gasteiger partial charge >= 0.3 is 5.97 Å². The number of esters is 1. The maximum absolute atomic E-state index is 11.5. The van der Waals surface area contributed by atoms with E-state index in [9.17, 15) is 9.59 Å². The number of hydrogen-bond donors (Lipinski definition) is 0. The average Bonchev–Trinajstić information content (AvgIpc) is 2.29. The first kappa shape index (κ1) is 11.2. The predicted octanol–water partition coefficient (Wildman–Crippen LogP) is 2.23.